The summed E-state index contributed by atoms with van der Waals surface area (Å²) in [7, 11) is 2.00. The van der Waals surface area contributed by atoms with E-state index in [0.29, 0.717) is 6.04 Å². The van der Waals surface area contributed by atoms with Gasteiger partial charge in [0.2, 0.25) is 0 Å². The number of nitrogens with one attached hydrogen (secondary N) is 1. The van der Waals surface area contributed by atoms with Gasteiger partial charge < -0.3 is 15.0 Å². The highest BCUT2D eigenvalue weighted by atomic mass is 79.9. The zero-order chi connectivity index (χ0) is 14.0. The van der Waals surface area contributed by atoms with Crippen LogP contribution >= 0.6 is 15.9 Å². The van der Waals surface area contributed by atoms with Gasteiger partial charge in [-0.3, -0.25) is 0 Å². The molecule has 1 N–H and O–H groups in total. The molecule has 1 saturated heterocycles. The first-order valence-electron chi connectivity index (χ1n) is 6.88. The number of rotatable bonds is 3. The summed E-state index contributed by atoms with van der Waals surface area (Å²) >= 11 is 3.59. The summed E-state index contributed by atoms with van der Waals surface area (Å²) in [6.07, 6.45) is 0.556. The van der Waals surface area contributed by atoms with Gasteiger partial charge in [0.15, 0.2) is 0 Å². The van der Waals surface area contributed by atoms with Crippen LogP contribution in [0.15, 0.2) is 22.7 Å². The number of hydrogen-bond acceptors (Lipinski definition) is 3. The molecule has 1 heterocycles. The lowest BCUT2D eigenvalue weighted by Gasteiger charge is -2.38. The molecule has 3 atom stereocenters. The molecule has 3 nitrogen and oxygen atoms in total. The zero-order valence-electron chi connectivity index (χ0n) is 12.1. The van der Waals surface area contributed by atoms with Crippen molar-refractivity contribution in [3.8, 4) is 0 Å². The number of hydrogen-bond donors (Lipinski definition) is 1. The third kappa shape index (κ3) is 3.50. The Morgan fingerprint density at radius 1 is 1.32 bits per heavy atom. The van der Waals surface area contributed by atoms with Crippen LogP contribution in [0.3, 0.4) is 0 Å². The summed E-state index contributed by atoms with van der Waals surface area (Å²) in [6, 6.07) is 6.87. The number of halogens is 1. The summed E-state index contributed by atoms with van der Waals surface area (Å²) in [5.41, 5.74) is 2.64. The van der Waals surface area contributed by atoms with Crippen molar-refractivity contribution >= 4 is 21.6 Å². The number of ether oxygens (including phenoxy) is 1. The lowest BCUT2D eigenvalue weighted by atomic mass is 10.0. The molecule has 1 fully saturated rings. The molecular formula is C15H23BrN2O. The van der Waals surface area contributed by atoms with Crippen molar-refractivity contribution in [1.29, 1.82) is 0 Å². The average Bonchev–Trinajstić information content (AvgIpc) is 2.36. The minimum absolute atomic E-state index is 0.278. The first-order chi connectivity index (χ1) is 9.01. The van der Waals surface area contributed by atoms with Crippen LogP contribution in [0.4, 0.5) is 5.69 Å². The third-order valence-corrected chi connectivity index (χ3v) is 4.15. The summed E-state index contributed by atoms with van der Waals surface area (Å²) in [4.78, 5) is 2.44. The molecule has 0 bridgehead atoms. The van der Waals surface area contributed by atoms with E-state index in [1.165, 1.54) is 11.3 Å². The Morgan fingerprint density at radius 2 is 1.95 bits per heavy atom. The maximum atomic E-state index is 5.83. The topological polar surface area (TPSA) is 24.5 Å². The largest absolute Gasteiger partial charge is 0.372 e. The van der Waals surface area contributed by atoms with Gasteiger partial charge in [0, 0.05) is 29.3 Å². The Kier molecular flexibility index (Phi) is 4.87. The van der Waals surface area contributed by atoms with E-state index < -0.39 is 0 Å². The molecule has 0 amide bonds. The molecule has 1 unspecified atom stereocenters. The van der Waals surface area contributed by atoms with E-state index in [-0.39, 0.29) is 12.2 Å². The maximum absolute atomic E-state index is 5.83. The fourth-order valence-corrected chi connectivity index (χ4v) is 3.04. The molecule has 19 heavy (non-hydrogen) atoms. The molecule has 1 aliphatic rings. The molecule has 1 aromatic carbocycles. The highest BCUT2D eigenvalue weighted by Crippen LogP contribution is 2.31. The molecule has 0 aromatic heterocycles. The van der Waals surface area contributed by atoms with Crippen LogP contribution in [-0.4, -0.2) is 32.3 Å². The van der Waals surface area contributed by atoms with E-state index in [2.05, 4.69) is 65.1 Å². The molecule has 0 spiro atoms. The van der Waals surface area contributed by atoms with Crippen molar-refractivity contribution in [3.05, 3.63) is 28.2 Å². The van der Waals surface area contributed by atoms with E-state index in [1.807, 2.05) is 7.05 Å². The molecule has 2 rings (SSSR count). The lowest BCUT2D eigenvalue weighted by Crippen LogP contribution is -2.46. The van der Waals surface area contributed by atoms with Gasteiger partial charge in [-0.2, -0.15) is 0 Å². The Morgan fingerprint density at radius 3 is 2.53 bits per heavy atom. The predicted octanol–water partition coefficient (Wildman–Crippen LogP) is 3.34. The molecule has 1 aromatic rings. The molecule has 1 aliphatic heterocycles. The van der Waals surface area contributed by atoms with Crippen molar-refractivity contribution in [3.63, 3.8) is 0 Å². The summed E-state index contributed by atoms with van der Waals surface area (Å²) < 4.78 is 6.95. The van der Waals surface area contributed by atoms with E-state index >= 15 is 0 Å². The fourth-order valence-electron chi connectivity index (χ4n) is 2.69. The Balaban J connectivity index is 2.33. The second kappa shape index (κ2) is 6.25. The van der Waals surface area contributed by atoms with E-state index in [4.69, 9.17) is 4.74 Å². The van der Waals surface area contributed by atoms with Crippen LogP contribution in [0.25, 0.3) is 0 Å². The van der Waals surface area contributed by atoms with Crippen molar-refractivity contribution in [2.45, 2.75) is 39.0 Å². The lowest BCUT2D eigenvalue weighted by molar-refractivity contribution is -0.00528. The van der Waals surface area contributed by atoms with Gasteiger partial charge >= 0.3 is 0 Å². The normalized spacial score (nSPS) is 25.4. The van der Waals surface area contributed by atoms with Crippen molar-refractivity contribution in [1.82, 2.24) is 5.32 Å². The Hall–Kier alpha value is -0.580. The maximum Gasteiger partial charge on any atom is 0.0726 e. The number of benzene rings is 1. The Bertz CT molecular complexity index is 428. The minimum Gasteiger partial charge on any atom is -0.372 e. The average molecular weight is 327 g/mol. The van der Waals surface area contributed by atoms with Gasteiger partial charge in [0.05, 0.1) is 12.2 Å². The second-order valence-electron chi connectivity index (χ2n) is 5.38. The highest BCUT2D eigenvalue weighted by Gasteiger charge is 2.25. The van der Waals surface area contributed by atoms with Crippen LogP contribution in [0.1, 0.15) is 32.4 Å². The molecular weight excluding hydrogens is 304 g/mol. The number of nitrogens with zero attached hydrogens (tertiary/aromatic N) is 1. The van der Waals surface area contributed by atoms with Gasteiger partial charge in [0.25, 0.3) is 0 Å². The van der Waals surface area contributed by atoms with Crippen LogP contribution in [0.5, 0.6) is 0 Å². The van der Waals surface area contributed by atoms with Gasteiger partial charge in [0.1, 0.15) is 0 Å². The summed E-state index contributed by atoms with van der Waals surface area (Å²) in [6.45, 7) is 8.37. The third-order valence-electron chi connectivity index (χ3n) is 3.65. The van der Waals surface area contributed by atoms with Gasteiger partial charge in [-0.25, -0.2) is 0 Å². The summed E-state index contributed by atoms with van der Waals surface area (Å²) in [5, 5.41) is 3.33. The van der Waals surface area contributed by atoms with Crippen molar-refractivity contribution in [2.24, 2.45) is 0 Å². The molecule has 4 heteroatoms. The highest BCUT2D eigenvalue weighted by molar-refractivity contribution is 9.10. The van der Waals surface area contributed by atoms with Gasteiger partial charge in [-0.1, -0.05) is 22.0 Å². The van der Waals surface area contributed by atoms with Crippen LogP contribution < -0.4 is 10.2 Å². The molecule has 106 valence electrons. The van der Waals surface area contributed by atoms with E-state index in [1.54, 1.807) is 0 Å². The van der Waals surface area contributed by atoms with Crippen LogP contribution in [0, 0.1) is 0 Å². The predicted molar refractivity (Wildman–Crippen MR) is 83.8 cm³/mol. The summed E-state index contributed by atoms with van der Waals surface area (Å²) in [5.74, 6) is 0. The van der Waals surface area contributed by atoms with E-state index in [0.717, 1.165) is 17.6 Å². The molecule has 0 saturated carbocycles. The first-order valence-corrected chi connectivity index (χ1v) is 7.67. The standard InChI is InChI=1S/C15H23BrN2O/c1-10-8-18(9-11(2)19-10)15-7-13(16)5-6-14(15)12(3)17-4/h5-7,10-12,17H,8-9H2,1-4H3/t10-,11+,12?. The fraction of sp³-hybridized carbons (Fsp3) is 0.600. The van der Waals surface area contributed by atoms with Crippen LogP contribution in [-0.2, 0) is 4.74 Å². The minimum atomic E-state index is 0.278. The SMILES string of the molecule is CNC(C)c1ccc(Br)cc1N1C[C@@H](C)O[C@@H](C)C1. The quantitative estimate of drug-likeness (QED) is 0.921. The van der Waals surface area contributed by atoms with E-state index in [9.17, 15) is 0 Å². The monoisotopic (exact) mass is 326 g/mol. The van der Waals surface area contributed by atoms with Crippen LogP contribution in [0.2, 0.25) is 0 Å². The molecule has 0 aliphatic carbocycles. The van der Waals surface area contributed by atoms with Gasteiger partial charge in [-0.15, -0.1) is 0 Å². The second-order valence-corrected chi connectivity index (χ2v) is 6.29. The first kappa shape index (κ1) is 14.8. The molecule has 0 radical (unpaired) electrons. The van der Waals surface area contributed by atoms with Gasteiger partial charge in [-0.05, 0) is 45.5 Å². The van der Waals surface area contributed by atoms with Crippen molar-refractivity contribution in [2.75, 3.05) is 25.0 Å². The smallest absolute Gasteiger partial charge is 0.0726 e. The zero-order valence-corrected chi connectivity index (χ0v) is 13.7. The Labute approximate surface area is 124 Å². The number of anilines is 1. The number of morpholine rings is 1. The van der Waals surface area contributed by atoms with Crippen molar-refractivity contribution < 1.29 is 4.74 Å².